The van der Waals surface area contributed by atoms with Gasteiger partial charge in [-0.15, -0.1) is 0 Å². The lowest BCUT2D eigenvalue weighted by Crippen LogP contribution is -2.41. The van der Waals surface area contributed by atoms with Gasteiger partial charge in [0.05, 0.1) is 13.2 Å². The van der Waals surface area contributed by atoms with Crippen LogP contribution in [0, 0.1) is 17.1 Å². The largest absolute Gasteiger partial charge is 0.378 e. The molecule has 0 radical (unpaired) electrons. The van der Waals surface area contributed by atoms with Crippen LogP contribution in [-0.2, 0) is 16.1 Å². The summed E-state index contributed by atoms with van der Waals surface area (Å²) in [6, 6.07) is 16.3. The van der Waals surface area contributed by atoms with Gasteiger partial charge in [0.15, 0.2) is 0 Å². The highest BCUT2D eigenvalue weighted by atomic mass is 19.1. The summed E-state index contributed by atoms with van der Waals surface area (Å²) in [5.41, 5.74) is 2.87. The molecule has 2 aromatic carbocycles. The van der Waals surface area contributed by atoms with Gasteiger partial charge >= 0.3 is 0 Å². The summed E-state index contributed by atoms with van der Waals surface area (Å²) in [5, 5.41) is 10.5. The van der Waals surface area contributed by atoms with Gasteiger partial charge in [-0.3, -0.25) is 4.79 Å². The smallest absolute Gasteiger partial charge is 0.264 e. The van der Waals surface area contributed by atoms with E-state index in [2.05, 4.69) is 6.07 Å². The van der Waals surface area contributed by atoms with Crippen molar-refractivity contribution >= 4 is 22.9 Å². The highest BCUT2D eigenvalue weighted by Crippen LogP contribution is 2.25. The molecule has 4 rings (SSSR count). The first-order valence-corrected chi connectivity index (χ1v) is 9.47. The molecule has 0 saturated carbocycles. The maximum atomic E-state index is 13.2. The standard InChI is InChI=1S/C23H20FN3O2/c24-20-7-5-17(6-8-20)15-27-16-19(21-3-1-2-4-22(21)27)13-18(14-25)23(28)26-9-11-29-12-10-26/h1-8,13,16H,9-12,15H2/b18-13+. The Hall–Kier alpha value is -3.43. The number of hydrogen-bond acceptors (Lipinski definition) is 3. The summed E-state index contributed by atoms with van der Waals surface area (Å²) in [6.45, 7) is 2.52. The molecule has 1 aromatic heterocycles. The average molecular weight is 389 g/mol. The van der Waals surface area contributed by atoms with Crippen LogP contribution in [0.25, 0.3) is 17.0 Å². The number of carbonyl (C=O) groups excluding carboxylic acids is 1. The summed E-state index contributed by atoms with van der Waals surface area (Å²) in [6.07, 6.45) is 3.58. The van der Waals surface area contributed by atoms with Crippen LogP contribution in [0.4, 0.5) is 4.39 Å². The van der Waals surface area contributed by atoms with Crippen LogP contribution in [0.2, 0.25) is 0 Å². The van der Waals surface area contributed by atoms with Crippen LogP contribution in [0.5, 0.6) is 0 Å². The first-order valence-electron chi connectivity index (χ1n) is 9.47. The molecule has 5 nitrogen and oxygen atoms in total. The fourth-order valence-corrected chi connectivity index (χ4v) is 3.54. The van der Waals surface area contributed by atoms with Gasteiger partial charge in [0.1, 0.15) is 17.5 Å². The minimum Gasteiger partial charge on any atom is -0.378 e. The summed E-state index contributed by atoms with van der Waals surface area (Å²) < 4.78 is 20.5. The molecular formula is C23H20FN3O2. The SMILES string of the molecule is N#C/C(=C\c1cn(Cc2ccc(F)cc2)c2ccccc12)C(=O)N1CCOCC1. The van der Waals surface area contributed by atoms with Gasteiger partial charge in [-0.25, -0.2) is 4.39 Å². The number of rotatable bonds is 4. The number of fused-ring (bicyclic) bond motifs is 1. The molecule has 1 saturated heterocycles. The zero-order valence-corrected chi connectivity index (χ0v) is 15.8. The first-order chi connectivity index (χ1) is 14.2. The number of benzene rings is 2. The zero-order valence-electron chi connectivity index (χ0n) is 15.8. The number of morpholine rings is 1. The van der Waals surface area contributed by atoms with Crippen molar-refractivity contribution in [3.63, 3.8) is 0 Å². The van der Waals surface area contributed by atoms with Crippen LogP contribution in [-0.4, -0.2) is 41.7 Å². The molecule has 29 heavy (non-hydrogen) atoms. The molecule has 0 bridgehead atoms. The van der Waals surface area contributed by atoms with Crippen molar-refractivity contribution in [3.8, 4) is 6.07 Å². The van der Waals surface area contributed by atoms with Crippen molar-refractivity contribution in [2.45, 2.75) is 6.54 Å². The van der Waals surface area contributed by atoms with Crippen LogP contribution in [0.1, 0.15) is 11.1 Å². The number of aromatic nitrogens is 1. The summed E-state index contributed by atoms with van der Waals surface area (Å²) in [4.78, 5) is 14.4. The monoisotopic (exact) mass is 389 g/mol. The van der Waals surface area contributed by atoms with E-state index in [0.29, 0.717) is 32.8 Å². The third kappa shape index (κ3) is 4.05. The Balaban J connectivity index is 1.69. The number of para-hydroxylation sites is 1. The van der Waals surface area contributed by atoms with E-state index in [-0.39, 0.29) is 17.3 Å². The van der Waals surface area contributed by atoms with Crippen molar-refractivity contribution in [2.75, 3.05) is 26.3 Å². The van der Waals surface area contributed by atoms with Gasteiger partial charge in [-0.2, -0.15) is 5.26 Å². The second-order valence-corrected chi connectivity index (χ2v) is 6.93. The van der Waals surface area contributed by atoms with E-state index >= 15 is 0 Å². The third-order valence-electron chi connectivity index (χ3n) is 5.03. The van der Waals surface area contributed by atoms with Crippen LogP contribution >= 0.6 is 0 Å². The van der Waals surface area contributed by atoms with Gasteiger partial charge in [0.2, 0.25) is 0 Å². The lowest BCUT2D eigenvalue weighted by atomic mass is 10.1. The first kappa shape index (κ1) is 18.9. The predicted molar refractivity (Wildman–Crippen MR) is 108 cm³/mol. The highest BCUT2D eigenvalue weighted by Gasteiger charge is 2.21. The quantitative estimate of drug-likeness (QED) is 0.506. The molecule has 3 aromatic rings. The van der Waals surface area contributed by atoms with Gasteiger partial charge < -0.3 is 14.2 Å². The highest BCUT2D eigenvalue weighted by molar-refractivity contribution is 6.04. The van der Waals surface area contributed by atoms with Crippen molar-refractivity contribution in [1.82, 2.24) is 9.47 Å². The van der Waals surface area contributed by atoms with Crippen LogP contribution in [0.3, 0.4) is 0 Å². The van der Waals surface area contributed by atoms with E-state index in [1.165, 1.54) is 12.1 Å². The summed E-state index contributed by atoms with van der Waals surface area (Å²) >= 11 is 0. The molecule has 1 aliphatic rings. The molecule has 0 spiro atoms. The van der Waals surface area contributed by atoms with E-state index in [1.54, 1.807) is 23.1 Å². The Morgan fingerprint density at radius 2 is 1.86 bits per heavy atom. The molecule has 1 aliphatic heterocycles. The Morgan fingerprint density at radius 1 is 1.14 bits per heavy atom. The second-order valence-electron chi connectivity index (χ2n) is 6.93. The fourth-order valence-electron chi connectivity index (χ4n) is 3.54. The molecule has 1 amide bonds. The number of amides is 1. The van der Waals surface area contributed by atoms with Crippen molar-refractivity contribution in [2.24, 2.45) is 0 Å². The zero-order chi connectivity index (χ0) is 20.2. The van der Waals surface area contributed by atoms with E-state index in [4.69, 9.17) is 4.74 Å². The van der Waals surface area contributed by atoms with Crippen LogP contribution in [0.15, 0.2) is 60.3 Å². The molecule has 1 fully saturated rings. The number of ether oxygens (including phenoxy) is 1. The number of nitriles is 1. The molecule has 6 heteroatoms. The molecule has 0 atom stereocenters. The van der Waals surface area contributed by atoms with Gasteiger partial charge in [-0.05, 0) is 29.8 Å². The minimum absolute atomic E-state index is 0.108. The van der Waals surface area contributed by atoms with Crippen LogP contribution < -0.4 is 0 Å². The van der Waals surface area contributed by atoms with E-state index < -0.39 is 0 Å². The number of halogens is 1. The molecular weight excluding hydrogens is 369 g/mol. The summed E-state index contributed by atoms with van der Waals surface area (Å²) in [7, 11) is 0. The van der Waals surface area contributed by atoms with Gasteiger partial charge in [-0.1, -0.05) is 30.3 Å². The Kier molecular flexibility index (Phi) is 5.41. The summed E-state index contributed by atoms with van der Waals surface area (Å²) in [5.74, 6) is -0.541. The number of hydrogen-bond donors (Lipinski definition) is 0. The molecule has 2 heterocycles. The fraction of sp³-hybridized carbons (Fsp3) is 0.217. The maximum absolute atomic E-state index is 13.2. The number of nitrogens with zero attached hydrogens (tertiary/aromatic N) is 3. The molecule has 0 N–H and O–H groups in total. The van der Waals surface area contributed by atoms with E-state index in [0.717, 1.165) is 22.0 Å². The van der Waals surface area contributed by atoms with E-state index in [1.807, 2.05) is 35.0 Å². The lowest BCUT2D eigenvalue weighted by Gasteiger charge is -2.26. The van der Waals surface area contributed by atoms with E-state index in [9.17, 15) is 14.4 Å². The average Bonchev–Trinajstić information content (AvgIpc) is 3.11. The molecule has 0 unspecified atom stereocenters. The Morgan fingerprint density at radius 3 is 2.59 bits per heavy atom. The third-order valence-corrected chi connectivity index (χ3v) is 5.03. The predicted octanol–water partition coefficient (Wildman–Crippen LogP) is 3.59. The van der Waals surface area contributed by atoms with Crippen molar-refractivity contribution in [1.29, 1.82) is 5.26 Å². The Bertz CT molecular complexity index is 1100. The Labute approximate surface area is 168 Å². The van der Waals surface area contributed by atoms with Gasteiger partial charge in [0.25, 0.3) is 5.91 Å². The molecule has 0 aliphatic carbocycles. The maximum Gasteiger partial charge on any atom is 0.264 e. The molecule has 146 valence electrons. The topological polar surface area (TPSA) is 58.3 Å². The normalized spacial score (nSPS) is 14.8. The van der Waals surface area contributed by atoms with Crippen molar-refractivity contribution < 1.29 is 13.9 Å². The number of carbonyl (C=O) groups is 1. The lowest BCUT2D eigenvalue weighted by molar-refractivity contribution is -0.130. The minimum atomic E-state index is -0.272. The second kappa shape index (κ2) is 8.29. The van der Waals surface area contributed by atoms with Gasteiger partial charge in [0, 0.05) is 42.3 Å². The van der Waals surface area contributed by atoms with Crippen molar-refractivity contribution in [3.05, 3.63) is 77.2 Å².